The third kappa shape index (κ3) is 8.49. The third-order valence-corrected chi connectivity index (χ3v) is 13.1. The number of ketones is 2. The number of hydrogen-bond acceptors (Lipinski definition) is 17. The van der Waals surface area contributed by atoms with Crippen LogP contribution in [0.25, 0.3) is 22.0 Å². The first-order valence-corrected chi connectivity index (χ1v) is 23.1. The second-order valence-electron chi connectivity index (χ2n) is 14.6. The number of pyridine rings is 1. The minimum atomic E-state index is -5.39. The molecule has 23 nitrogen and oxygen atoms in total. The summed E-state index contributed by atoms with van der Waals surface area (Å²) in [5.74, 6) is -4.55. The maximum Gasteiger partial charge on any atom is 0.351 e. The first-order valence-electron chi connectivity index (χ1n) is 18.8. The van der Waals surface area contributed by atoms with Gasteiger partial charge in [-0.05, 0) is 65.7 Å². The van der Waals surface area contributed by atoms with Crippen LogP contribution in [-0.4, -0.2) is 86.2 Å². The van der Waals surface area contributed by atoms with E-state index < -0.39 is 114 Å². The van der Waals surface area contributed by atoms with Gasteiger partial charge in [-0.1, -0.05) is 36.4 Å². The lowest BCUT2D eigenvalue weighted by Crippen LogP contribution is -2.29. The number of carboxylic acids is 1. The molecule has 0 bridgehead atoms. The number of aryl methyl sites for hydroxylation is 1. The molecule has 0 radical (unpaired) electrons. The number of phenols is 1. The van der Waals surface area contributed by atoms with Crippen molar-refractivity contribution in [2.24, 2.45) is 7.05 Å². The van der Waals surface area contributed by atoms with E-state index in [1.165, 1.54) is 61.6 Å². The summed E-state index contributed by atoms with van der Waals surface area (Å²) in [6.07, 6.45) is 0. The summed E-state index contributed by atoms with van der Waals surface area (Å²) in [5, 5.41) is 27.1. The molecule has 26 heteroatoms. The lowest BCUT2D eigenvalue weighted by atomic mass is 9.80. The molecule has 0 atom stereocenters. The van der Waals surface area contributed by atoms with Crippen LogP contribution in [0.4, 0.5) is 29.0 Å². The van der Waals surface area contributed by atoms with Gasteiger partial charge in [0.15, 0.2) is 11.6 Å². The second-order valence-corrected chi connectivity index (χ2v) is 18.8. The zero-order chi connectivity index (χ0) is 48.5. The maximum absolute atomic E-state index is 14.6. The largest absolute Gasteiger partial charge is 0.507 e. The molecule has 342 valence electrons. The number of anilines is 5. The maximum atomic E-state index is 14.6. The molecular weight excluding hydrogens is 943 g/mol. The molecule has 2 heterocycles. The minimum absolute atomic E-state index is 0.0164. The lowest BCUT2D eigenvalue weighted by Gasteiger charge is -2.26. The Balaban J connectivity index is 1.27. The van der Waals surface area contributed by atoms with Gasteiger partial charge in [0.05, 0.1) is 32.9 Å². The van der Waals surface area contributed by atoms with Crippen molar-refractivity contribution in [3.05, 3.63) is 145 Å². The van der Waals surface area contributed by atoms with Gasteiger partial charge in [0.2, 0.25) is 11.9 Å². The molecule has 0 fully saturated rings. The van der Waals surface area contributed by atoms with Gasteiger partial charge < -0.3 is 30.7 Å². The fourth-order valence-corrected chi connectivity index (χ4v) is 9.47. The van der Waals surface area contributed by atoms with E-state index in [2.05, 4.69) is 30.9 Å². The van der Waals surface area contributed by atoms with Gasteiger partial charge in [0.1, 0.15) is 21.1 Å². The number of aromatic amines is 1. The Morgan fingerprint density at radius 3 is 2.10 bits per heavy atom. The fraction of sp³-hybridized carbons (Fsp3) is 0.0488. The Morgan fingerprint density at radius 1 is 0.731 bits per heavy atom. The van der Waals surface area contributed by atoms with E-state index in [9.17, 15) is 73.1 Å². The molecular formula is C41H29N7O16S3. The number of carboxylic acid groups (broad SMARTS) is 1. The smallest absolute Gasteiger partial charge is 0.351 e. The highest BCUT2D eigenvalue weighted by atomic mass is 32.2. The van der Waals surface area contributed by atoms with E-state index in [4.69, 9.17) is 0 Å². The van der Waals surface area contributed by atoms with Gasteiger partial charge in [0, 0.05) is 41.4 Å². The van der Waals surface area contributed by atoms with Gasteiger partial charge in [-0.15, -0.1) is 0 Å². The van der Waals surface area contributed by atoms with Crippen molar-refractivity contribution in [1.29, 1.82) is 0 Å². The zero-order valence-corrected chi connectivity index (χ0v) is 36.1. The molecule has 0 saturated carbocycles. The Morgan fingerprint density at radius 2 is 1.43 bits per heavy atom. The summed E-state index contributed by atoms with van der Waals surface area (Å²) in [5.41, 5.74) is -4.58. The highest BCUT2D eigenvalue weighted by Gasteiger charge is 2.35. The number of hydrogen-bond donors (Lipinski definition) is 9. The summed E-state index contributed by atoms with van der Waals surface area (Å²) in [4.78, 5) is 74.2. The van der Waals surface area contributed by atoms with Crippen molar-refractivity contribution in [3.8, 4) is 16.9 Å². The molecule has 9 N–H and O–H groups in total. The zero-order valence-electron chi connectivity index (χ0n) is 33.7. The highest BCUT2D eigenvalue weighted by Crippen LogP contribution is 2.45. The molecule has 0 saturated heterocycles. The average molecular weight is 972 g/mol. The number of aromatic nitrogens is 4. The Bertz CT molecular complexity index is 3830. The number of aromatic carboxylic acids is 1. The van der Waals surface area contributed by atoms with Crippen molar-refractivity contribution >= 4 is 87.8 Å². The van der Waals surface area contributed by atoms with Crippen LogP contribution in [0.3, 0.4) is 0 Å². The Kier molecular flexibility index (Phi) is 11.1. The number of rotatable bonds is 13. The summed E-state index contributed by atoms with van der Waals surface area (Å²) < 4.78 is 107. The topological polar surface area (TPSA) is 372 Å². The Labute approximate surface area is 375 Å². The van der Waals surface area contributed by atoms with Crippen molar-refractivity contribution in [2.75, 3.05) is 16.0 Å². The summed E-state index contributed by atoms with van der Waals surface area (Å²) in [6.45, 7) is -0.700. The molecule has 0 spiro atoms. The number of nitrogens with zero attached hydrogens (tertiary/aromatic N) is 3. The molecule has 1 aliphatic rings. The van der Waals surface area contributed by atoms with E-state index in [-0.39, 0.29) is 56.0 Å². The van der Waals surface area contributed by atoms with Crippen LogP contribution in [0.5, 0.6) is 5.75 Å². The monoisotopic (exact) mass is 971 g/mol. The number of carbonyl (C=O) groups excluding carboxylic acids is 2. The first kappa shape index (κ1) is 45.4. The number of benzene rings is 5. The summed E-state index contributed by atoms with van der Waals surface area (Å²) >= 11 is 0. The van der Waals surface area contributed by atoms with Gasteiger partial charge in [-0.2, -0.15) is 35.2 Å². The highest BCUT2D eigenvalue weighted by molar-refractivity contribution is 7.87. The van der Waals surface area contributed by atoms with Gasteiger partial charge >= 0.3 is 11.7 Å². The van der Waals surface area contributed by atoms with Crippen molar-refractivity contribution < 1.29 is 63.5 Å². The number of nitrogens with one attached hydrogen (secondary N) is 4. The van der Waals surface area contributed by atoms with Crippen LogP contribution in [0, 0.1) is 0 Å². The summed E-state index contributed by atoms with van der Waals surface area (Å²) in [7, 11) is -14.2. The number of fused-ring (bicyclic) bond motifs is 2. The third-order valence-electron chi connectivity index (χ3n) is 10.4. The van der Waals surface area contributed by atoms with Gasteiger partial charge in [-0.25, -0.2) is 9.59 Å². The first-order chi connectivity index (χ1) is 31.4. The van der Waals surface area contributed by atoms with Gasteiger partial charge in [0.25, 0.3) is 35.9 Å². The van der Waals surface area contributed by atoms with Crippen LogP contribution < -0.4 is 27.2 Å². The molecule has 67 heavy (non-hydrogen) atoms. The normalized spacial score (nSPS) is 12.4. The van der Waals surface area contributed by atoms with Crippen LogP contribution in [0.2, 0.25) is 0 Å². The van der Waals surface area contributed by atoms with Crippen LogP contribution >= 0.6 is 0 Å². The fourth-order valence-electron chi connectivity index (χ4n) is 7.49. The molecule has 0 amide bonds. The molecule has 5 aromatic carbocycles. The predicted octanol–water partition coefficient (Wildman–Crippen LogP) is 3.70. The van der Waals surface area contributed by atoms with E-state index in [1.807, 2.05) is 0 Å². The molecule has 0 unspecified atom stereocenters. The SMILES string of the molecule is Cn1c(=O)c(C(=O)c2cccc(S(=O)(=O)O)c2)c2c3c(c(Nc4cc(CNc5nc(Nc6ccc(O)c(C(=O)O)c6)[nH]c(=O)n5)c(S(=O)(=O)O)cc4S(=O)(=O)O)ccc31)C(=O)c1ccccc1-2. The van der Waals surface area contributed by atoms with Crippen LogP contribution in [0.1, 0.15) is 47.8 Å². The van der Waals surface area contributed by atoms with Crippen molar-refractivity contribution in [2.45, 2.75) is 21.2 Å². The molecule has 2 aromatic heterocycles. The molecule has 7 aromatic rings. The number of H-pyrrole nitrogens is 1. The minimum Gasteiger partial charge on any atom is -0.507 e. The van der Waals surface area contributed by atoms with Crippen LogP contribution in [0.15, 0.2) is 115 Å². The average Bonchev–Trinajstić information content (AvgIpc) is 3.25. The lowest BCUT2D eigenvalue weighted by molar-refractivity contribution is 0.0693. The van der Waals surface area contributed by atoms with E-state index in [0.717, 1.165) is 34.9 Å². The Hall–Kier alpha value is -8.14. The van der Waals surface area contributed by atoms with E-state index in [1.54, 1.807) is 0 Å². The molecule has 8 rings (SSSR count). The summed E-state index contributed by atoms with van der Waals surface area (Å²) in [6, 6.07) is 17.4. The van der Waals surface area contributed by atoms with Crippen molar-refractivity contribution in [3.63, 3.8) is 0 Å². The van der Waals surface area contributed by atoms with Crippen molar-refractivity contribution in [1.82, 2.24) is 19.5 Å². The quantitative estimate of drug-likeness (QED) is 0.0452. The standard InChI is InChI=1S/C41H29N7O16S3/c1-48-27-11-10-25(32-33(27)31(22-7-2-3-8-23(22)36(32)51)34(37(48)52)35(50)18-5-4-6-21(13-18)65(56,57)58)44-26-14-19(29(66(59,60)61)16-30(26)67(62,63)64)17-42-39-45-40(47-41(55)46-39)43-20-9-12-28(49)24(15-20)38(53)54/h2-16,44,49H,17H2,1H3,(H,53,54)(H,56,57,58)(H,59,60,61)(H,62,63,64)(H3,42,43,45,46,47,55). The van der Waals surface area contributed by atoms with E-state index >= 15 is 0 Å². The van der Waals surface area contributed by atoms with Gasteiger partial charge in [-0.3, -0.25) is 33.0 Å². The predicted molar refractivity (Wildman–Crippen MR) is 235 cm³/mol. The second kappa shape index (κ2) is 16.4. The van der Waals surface area contributed by atoms with E-state index in [0.29, 0.717) is 6.07 Å². The molecule has 1 aliphatic carbocycles. The number of aromatic hydroxyl groups is 1. The molecule has 0 aliphatic heterocycles. The number of carbonyl (C=O) groups is 3. The van der Waals surface area contributed by atoms with Crippen LogP contribution in [-0.2, 0) is 43.9 Å².